The molecular weight excluding hydrogens is 597 g/mol. The summed E-state index contributed by atoms with van der Waals surface area (Å²) < 4.78 is 13.4. The zero-order valence-electron chi connectivity index (χ0n) is 23.5. The molecule has 0 fully saturated rings. The van der Waals surface area contributed by atoms with Crippen LogP contribution >= 0.6 is 22.7 Å². The van der Waals surface area contributed by atoms with Crippen LogP contribution in [0.3, 0.4) is 0 Å². The molecule has 0 unspecified atom stereocenters. The molecule has 5 aromatic rings. The minimum Gasteiger partial charge on any atom is -0.489 e. The molecule has 220 valence electrons. The van der Waals surface area contributed by atoms with Crippen LogP contribution < -0.4 is 19.6 Å². The molecule has 8 nitrogen and oxygen atoms in total. The van der Waals surface area contributed by atoms with Gasteiger partial charge in [-0.05, 0) is 59.8 Å². The van der Waals surface area contributed by atoms with E-state index in [0.717, 1.165) is 21.6 Å². The van der Waals surface area contributed by atoms with Crippen molar-refractivity contribution in [3.8, 4) is 5.75 Å². The highest BCUT2D eigenvalue weighted by molar-refractivity contribution is 7.10. The largest absolute Gasteiger partial charge is 0.489 e. The maximum atomic E-state index is 13.9. The molecule has 1 aliphatic heterocycles. The Morgan fingerprint density at radius 1 is 0.977 bits per heavy atom. The number of esters is 1. The number of carbonyl (C=O) groups excluding carboxylic acids is 1. The summed E-state index contributed by atoms with van der Waals surface area (Å²) in [6.45, 7) is 2.24. The summed E-state index contributed by atoms with van der Waals surface area (Å²) in [6, 6.07) is 26.5. The number of carbonyl (C=O) groups is 2. The number of aromatic nitrogens is 1. The van der Waals surface area contributed by atoms with Crippen LogP contribution in [0, 0.1) is 0 Å². The van der Waals surface area contributed by atoms with Crippen molar-refractivity contribution in [2.45, 2.75) is 19.6 Å². The van der Waals surface area contributed by atoms with E-state index in [1.54, 1.807) is 41.8 Å². The highest BCUT2D eigenvalue weighted by atomic mass is 32.1. The molecule has 0 saturated carbocycles. The van der Waals surface area contributed by atoms with Gasteiger partial charge < -0.3 is 14.6 Å². The average molecular weight is 623 g/mol. The number of ether oxygens (including phenoxy) is 2. The Bertz CT molecular complexity index is 2030. The summed E-state index contributed by atoms with van der Waals surface area (Å²) in [5.74, 6) is -0.843. The molecule has 0 radical (unpaired) electrons. The maximum absolute atomic E-state index is 13.9. The first kappa shape index (κ1) is 29.0. The highest BCUT2D eigenvalue weighted by Gasteiger charge is 2.35. The van der Waals surface area contributed by atoms with Gasteiger partial charge in [-0.1, -0.05) is 72.0 Å². The predicted molar refractivity (Wildman–Crippen MR) is 170 cm³/mol. The van der Waals surface area contributed by atoms with Crippen LogP contribution in [-0.4, -0.2) is 28.2 Å². The average Bonchev–Trinajstić information content (AvgIpc) is 3.69. The summed E-state index contributed by atoms with van der Waals surface area (Å²) in [6.07, 6.45) is 1.81. The van der Waals surface area contributed by atoms with Gasteiger partial charge in [-0.15, -0.1) is 11.3 Å². The Labute approximate surface area is 260 Å². The number of carboxylic acid groups (broad SMARTS) is 1. The molecule has 1 aliphatic rings. The molecule has 0 aliphatic carbocycles. The Morgan fingerprint density at radius 2 is 1.73 bits per heavy atom. The number of thiazole rings is 1. The van der Waals surface area contributed by atoms with Crippen LogP contribution in [0.2, 0.25) is 0 Å². The van der Waals surface area contributed by atoms with Crippen molar-refractivity contribution in [3.05, 3.63) is 149 Å². The van der Waals surface area contributed by atoms with Gasteiger partial charge in [0, 0.05) is 10.4 Å². The summed E-state index contributed by atoms with van der Waals surface area (Å²) in [4.78, 5) is 44.6. The van der Waals surface area contributed by atoms with E-state index in [1.807, 2.05) is 72.1 Å². The van der Waals surface area contributed by atoms with Gasteiger partial charge in [0.05, 0.1) is 28.0 Å². The van der Waals surface area contributed by atoms with Crippen LogP contribution in [0.5, 0.6) is 5.75 Å². The van der Waals surface area contributed by atoms with Gasteiger partial charge in [0.25, 0.3) is 5.56 Å². The minimum atomic E-state index is -0.974. The van der Waals surface area contributed by atoms with E-state index < -0.39 is 18.0 Å². The topological polar surface area (TPSA) is 107 Å². The molecule has 1 atom stereocenters. The molecular formula is C34H26N2O6S2. The number of hydrogen-bond acceptors (Lipinski definition) is 8. The van der Waals surface area contributed by atoms with Gasteiger partial charge in [-0.2, -0.15) is 0 Å². The zero-order chi connectivity index (χ0) is 30.6. The van der Waals surface area contributed by atoms with E-state index in [2.05, 4.69) is 0 Å². The molecule has 2 aromatic heterocycles. The van der Waals surface area contributed by atoms with Gasteiger partial charge in [0.2, 0.25) is 0 Å². The van der Waals surface area contributed by atoms with E-state index in [-0.39, 0.29) is 24.3 Å². The highest BCUT2D eigenvalue weighted by Crippen LogP contribution is 2.36. The number of nitrogens with zero attached hydrogens (tertiary/aromatic N) is 2. The number of aromatic carboxylic acids is 1. The lowest BCUT2D eigenvalue weighted by atomic mass is 9.97. The van der Waals surface area contributed by atoms with Gasteiger partial charge in [-0.3, -0.25) is 9.36 Å². The van der Waals surface area contributed by atoms with Crippen molar-refractivity contribution in [3.63, 3.8) is 0 Å². The van der Waals surface area contributed by atoms with Crippen LogP contribution in [0.1, 0.15) is 44.9 Å². The Kier molecular flexibility index (Phi) is 8.36. The molecule has 6 rings (SSSR count). The second-order valence-electron chi connectivity index (χ2n) is 9.81. The summed E-state index contributed by atoms with van der Waals surface area (Å²) in [5, 5.41) is 11.0. The third-order valence-corrected chi connectivity index (χ3v) is 8.88. The SMILES string of the molecule is CCOC(=O)C1=C(c2ccccc2)N=c2s/c(=C/c3ccc(OCc4ccc(C(=O)O)cc4)cc3)c(=O)n2[C@@H]1c1cccs1. The molecule has 3 aromatic carbocycles. The Balaban J connectivity index is 1.36. The number of hydrogen-bond donors (Lipinski definition) is 1. The summed E-state index contributed by atoms with van der Waals surface area (Å²) >= 11 is 2.74. The first-order chi connectivity index (χ1) is 21.4. The van der Waals surface area contributed by atoms with Crippen LogP contribution in [0.4, 0.5) is 0 Å². The van der Waals surface area contributed by atoms with Crippen molar-refractivity contribution in [2.75, 3.05) is 6.61 Å². The van der Waals surface area contributed by atoms with E-state index in [0.29, 0.717) is 26.4 Å². The van der Waals surface area contributed by atoms with Gasteiger partial charge in [0.15, 0.2) is 4.80 Å². The second-order valence-corrected chi connectivity index (χ2v) is 11.8. The van der Waals surface area contributed by atoms with Crippen LogP contribution in [-0.2, 0) is 16.1 Å². The molecule has 0 spiro atoms. The molecule has 10 heteroatoms. The van der Waals surface area contributed by atoms with E-state index >= 15 is 0 Å². The third-order valence-electron chi connectivity index (χ3n) is 6.97. The van der Waals surface area contributed by atoms with Crippen molar-refractivity contribution in [2.24, 2.45) is 4.99 Å². The first-order valence-corrected chi connectivity index (χ1v) is 15.5. The van der Waals surface area contributed by atoms with Gasteiger partial charge in [-0.25, -0.2) is 14.6 Å². The second kappa shape index (κ2) is 12.7. The standard InChI is InChI=1S/C34H26N2O6S2/c1-2-41-33(40)28-29(23-7-4-3-5-8-23)35-34-36(30(28)26-9-6-18-43-26)31(37)27(44-34)19-21-12-16-25(17-13-21)42-20-22-10-14-24(15-11-22)32(38)39/h3-19,30H,2,20H2,1H3,(H,38,39)/b27-19+/t30-/m1/s1. The number of thiophene rings is 1. The lowest BCUT2D eigenvalue weighted by molar-refractivity contribution is -0.138. The molecule has 0 amide bonds. The number of rotatable bonds is 9. The molecule has 3 heterocycles. The molecule has 0 saturated heterocycles. The number of benzene rings is 3. The summed E-state index contributed by atoms with van der Waals surface area (Å²) in [7, 11) is 0. The van der Waals surface area contributed by atoms with Gasteiger partial charge in [0.1, 0.15) is 18.4 Å². The van der Waals surface area contributed by atoms with E-state index in [1.165, 1.54) is 22.7 Å². The smallest absolute Gasteiger partial charge is 0.338 e. The fourth-order valence-corrected chi connectivity index (χ4v) is 6.70. The Morgan fingerprint density at radius 3 is 2.39 bits per heavy atom. The number of carboxylic acids is 1. The van der Waals surface area contributed by atoms with Crippen LogP contribution in [0.25, 0.3) is 11.8 Å². The quantitative estimate of drug-likeness (QED) is 0.225. The molecule has 1 N–H and O–H groups in total. The van der Waals surface area contributed by atoms with Crippen molar-refractivity contribution in [1.29, 1.82) is 0 Å². The lowest BCUT2D eigenvalue weighted by Gasteiger charge is -2.24. The van der Waals surface area contributed by atoms with Crippen molar-refractivity contribution < 1.29 is 24.2 Å². The first-order valence-electron chi connectivity index (χ1n) is 13.8. The van der Waals surface area contributed by atoms with Crippen molar-refractivity contribution in [1.82, 2.24) is 4.57 Å². The zero-order valence-corrected chi connectivity index (χ0v) is 25.1. The van der Waals surface area contributed by atoms with E-state index in [9.17, 15) is 14.4 Å². The lowest BCUT2D eigenvalue weighted by Crippen LogP contribution is -2.39. The normalized spacial score (nSPS) is 14.6. The fourth-order valence-electron chi connectivity index (χ4n) is 4.88. The summed E-state index contributed by atoms with van der Waals surface area (Å²) in [5.41, 5.74) is 3.22. The molecule has 0 bridgehead atoms. The van der Waals surface area contributed by atoms with E-state index in [4.69, 9.17) is 19.6 Å². The Hall–Kier alpha value is -5.06. The minimum absolute atomic E-state index is 0.197. The third kappa shape index (κ3) is 5.90. The monoisotopic (exact) mass is 622 g/mol. The van der Waals surface area contributed by atoms with Gasteiger partial charge >= 0.3 is 11.9 Å². The van der Waals surface area contributed by atoms with Crippen LogP contribution in [0.15, 0.2) is 112 Å². The van der Waals surface area contributed by atoms with Crippen molar-refractivity contribution >= 4 is 46.4 Å². The maximum Gasteiger partial charge on any atom is 0.338 e. The number of fused-ring (bicyclic) bond motifs is 1. The molecule has 44 heavy (non-hydrogen) atoms. The predicted octanol–water partition coefficient (Wildman–Crippen LogP) is 5.27. The fraction of sp³-hybridized carbons (Fsp3) is 0.118.